The van der Waals surface area contributed by atoms with Gasteiger partial charge in [-0.2, -0.15) is 0 Å². The summed E-state index contributed by atoms with van der Waals surface area (Å²) < 4.78 is 1.35. The third-order valence-corrected chi connectivity index (χ3v) is 3.75. The zero-order chi connectivity index (χ0) is 19.4. The van der Waals surface area contributed by atoms with Crippen LogP contribution in [0.25, 0.3) is 0 Å². The summed E-state index contributed by atoms with van der Waals surface area (Å²) in [4.78, 5) is 41.1. The average molecular weight is 352 g/mol. The minimum absolute atomic E-state index is 0.0603. The van der Waals surface area contributed by atoms with Gasteiger partial charge in [0, 0.05) is 19.5 Å². The van der Waals surface area contributed by atoms with E-state index in [0.717, 1.165) is 12.8 Å². The van der Waals surface area contributed by atoms with Gasteiger partial charge >= 0.3 is 5.69 Å². The molecule has 0 saturated heterocycles. The fourth-order valence-electron chi connectivity index (χ4n) is 2.61. The molecule has 0 fully saturated rings. The van der Waals surface area contributed by atoms with Gasteiger partial charge < -0.3 is 10.6 Å². The summed E-state index contributed by atoms with van der Waals surface area (Å²) in [7, 11) is 0. The second-order valence-electron chi connectivity index (χ2n) is 8.13. The summed E-state index contributed by atoms with van der Waals surface area (Å²) >= 11 is 0. The highest BCUT2D eigenvalue weighted by atomic mass is 16.2. The normalized spacial score (nSPS) is 11.8. The number of amides is 1. The van der Waals surface area contributed by atoms with Gasteiger partial charge in [-0.05, 0) is 17.8 Å². The van der Waals surface area contributed by atoms with E-state index < -0.39 is 11.2 Å². The molecular weight excluding hydrogens is 320 g/mol. The first-order chi connectivity index (χ1) is 11.5. The van der Waals surface area contributed by atoms with Crippen LogP contribution in [0.15, 0.2) is 9.59 Å². The summed E-state index contributed by atoms with van der Waals surface area (Å²) in [5.41, 5.74) is 4.87. The number of nitrogen functional groups attached to an aromatic ring is 1. The van der Waals surface area contributed by atoms with Crippen molar-refractivity contribution in [2.75, 3.05) is 17.2 Å². The van der Waals surface area contributed by atoms with Crippen molar-refractivity contribution in [3.63, 3.8) is 0 Å². The molecule has 1 aromatic heterocycles. The summed E-state index contributed by atoms with van der Waals surface area (Å²) in [5, 5.41) is 0. The minimum atomic E-state index is -0.613. The Balaban J connectivity index is 3.45. The Kier molecular flexibility index (Phi) is 7.02. The molecule has 1 heterocycles. The fraction of sp³-hybridized carbons (Fsp3) is 0.722. The number of nitrogens with zero attached hydrogens (tertiary/aromatic N) is 2. The number of anilines is 2. The van der Waals surface area contributed by atoms with E-state index in [-0.39, 0.29) is 35.2 Å². The number of H-pyrrole nitrogens is 1. The van der Waals surface area contributed by atoms with Crippen molar-refractivity contribution in [2.24, 2.45) is 11.3 Å². The number of unbranched alkanes of at least 4 members (excludes halogenated alkanes) is 1. The molecule has 1 aromatic rings. The molecule has 0 unspecified atom stereocenters. The second kappa shape index (κ2) is 8.36. The molecular formula is C18H32N4O3. The smallest absolute Gasteiger partial charge is 0.330 e. The van der Waals surface area contributed by atoms with E-state index >= 15 is 0 Å². The van der Waals surface area contributed by atoms with Gasteiger partial charge in [-0.25, -0.2) is 4.79 Å². The molecule has 0 atom stereocenters. The van der Waals surface area contributed by atoms with Crippen molar-refractivity contribution >= 4 is 17.4 Å². The molecule has 7 nitrogen and oxygen atoms in total. The quantitative estimate of drug-likeness (QED) is 0.786. The van der Waals surface area contributed by atoms with E-state index in [1.165, 1.54) is 9.47 Å². The molecule has 0 aliphatic heterocycles. The Bertz CT molecular complexity index is 711. The standard InChI is InChI=1S/C18H32N4O3/c1-7-8-9-21-15(19)14(16(24)20-17(21)25)22(11-12(2)3)13(23)10-18(4,5)6/h12H,7-11,19H2,1-6H3,(H,20,24,25). The van der Waals surface area contributed by atoms with E-state index in [2.05, 4.69) is 4.98 Å². The highest BCUT2D eigenvalue weighted by molar-refractivity contribution is 5.95. The molecule has 0 bridgehead atoms. The highest BCUT2D eigenvalue weighted by Gasteiger charge is 2.27. The van der Waals surface area contributed by atoms with Gasteiger partial charge in [0.2, 0.25) is 5.91 Å². The molecule has 0 saturated carbocycles. The number of hydrogen-bond donors (Lipinski definition) is 2. The second-order valence-corrected chi connectivity index (χ2v) is 8.13. The lowest BCUT2D eigenvalue weighted by molar-refractivity contribution is -0.120. The number of nitrogens with one attached hydrogen (secondary N) is 1. The van der Waals surface area contributed by atoms with Crippen LogP contribution in [0.3, 0.4) is 0 Å². The van der Waals surface area contributed by atoms with Crippen molar-refractivity contribution < 1.29 is 4.79 Å². The van der Waals surface area contributed by atoms with Gasteiger partial charge in [0.25, 0.3) is 5.56 Å². The van der Waals surface area contributed by atoms with Crippen molar-refractivity contribution in [1.82, 2.24) is 9.55 Å². The lowest BCUT2D eigenvalue weighted by atomic mass is 9.91. The average Bonchev–Trinajstić information content (AvgIpc) is 2.43. The van der Waals surface area contributed by atoms with Crippen LogP contribution in [-0.4, -0.2) is 22.0 Å². The number of aromatic amines is 1. The Morgan fingerprint density at radius 3 is 2.36 bits per heavy atom. The molecule has 7 heteroatoms. The van der Waals surface area contributed by atoms with Crippen LogP contribution in [-0.2, 0) is 11.3 Å². The van der Waals surface area contributed by atoms with Crippen LogP contribution in [0, 0.1) is 11.3 Å². The summed E-state index contributed by atoms with van der Waals surface area (Å²) in [6.45, 7) is 12.6. The van der Waals surface area contributed by atoms with E-state index in [1.807, 2.05) is 41.5 Å². The molecule has 25 heavy (non-hydrogen) atoms. The minimum Gasteiger partial charge on any atom is -0.383 e. The van der Waals surface area contributed by atoms with E-state index in [1.54, 1.807) is 0 Å². The van der Waals surface area contributed by atoms with E-state index in [4.69, 9.17) is 5.73 Å². The predicted molar refractivity (Wildman–Crippen MR) is 102 cm³/mol. The van der Waals surface area contributed by atoms with Gasteiger partial charge in [-0.3, -0.25) is 19.1 Å². The third kappa shape index (κ3) is 5.76. The van der Waals surface area contributed by atoms with Crippen molar-refractivity contribution in [3.8, 4) is 0 Å². The monoisotopic (exact) mass is 352 g/mol. The summed E-state index contributed by atoms with van der Waals surface area (Å²) in [6.07, 6.45) is 1.93. The van der Waals surface area contributed by atoms with Crippen LogP contribution >= 0.6 is 0 Å². The van der Waals surface area contributed by atoms with Gasteiger partial charge in [-0.15, -0.1) is 0 Å². The van der Waals surface area contributed by atoms with Gasteiger partial charge in [0.1, 0.15) is 5.82 Å². The van der Waals surface area contributed by atoms with E-state index in [9.17, 15) is 14.4 Å². The van der Waals surface area contributed by atoms with Crippen LogP contribution in [0.4, 0.5) is 11.5 Å². The maximum atomic E-state index is 12.8. The van der Waals surface area contributed by atoms with Crippen molar-refractivity contribution in [3.05, 3.63) is 20.8 Å². The van der Waals surface area contributed by atoms with Gasteiger partial charge in [0.05, 0.1) is 0 Å². The lowest BCUT2D eigenvalue weighted by Crippen LogP contribution is -2.43. The molecule has 142 valence electrons. The van der Waals surface area contributed by atoms with E-state index in [0.29, 0.717) is 13.1 Å². The van der Waals surface area contributed by atoms with Crippen LogP contribution in [0.2, 0.25) is 0 Å². The summed E-state index contributed by atoms with van der Waals surface area (Å²) in [5.74, 6) is 0.0444. The first-order valence-electron chi connectivity index (χ1n) is 8.91. The van der Waals surface area contributed by atoms with Gasteiger partial charge in [0.15, 0.2) is 5.69 Å². The van der Waals surface area contributed by atoms with Crippen LogP contribution in [0.5, 0.6) is 0 Å². The number of nitrogens with two attached hydrogens (primary N) is 1. The lowest BCUT2D eigenvalue weighted by Gasteiger charge is -2.29. The fourth-order valence-corrected chi connectivity index (χ4v) is 2.61. The first-order valence-corrected chi connectivity index (χ1v) is 8.91. The third-order valence-electron chi connectivity index (χ3n) is 3.75. The number of rotatable bonds is 7. The van der Waals surface area contributed by atoms with Crippen LogP contribution < -0.4 is 21.9 Å². The van der Waals surface area contributed by atoms with Crippen molar-refractivity contribution in [2.45, 2.75) is 67.3 Å². The molecule has 1 amide bonds. The maximum absolute atomic E-state index is 12.8. The number of carbonyl (C=O) groups excluding carboxylic acids is 1. The Morgan fingerprint density at radius 2 is 1.88 bits per heavy atom. The first kappa shape index (κ1) is 21.0. The molecule has 0 aliphatic rings. The number of carbonyl (C=O) groups is 1. The molecule has 0 aliphatic carbocycles. The molecule has 3 N–H and O–H groups in total. The molecule has 1 rings (SSSR count). The maximum Gasteiger partial charge on any atom is 0.330 e. The SMILES string of the molecule is CCCCn1c(N)c(N(CC(C)C)C(=O)CC(C)(C)C)c(=O)[nH]c1=O. The Labute approximate surface area is 149 Å². The molecule has 0 radical (unpaired) electrons. The zero-order valence-corrected chi connectivity index (χ0v) is 16.3. The Morgan fingerprint density at radius 1 is 1.28 bits per heavy atom. The number of aromatic nitrogens is 2. The van der Waals surface area contributed by atoms with Gasteiger partial charge in [-0.1, -0.05) is 48.0 Å². The predicted octanol–water partition coefficient (Wildman–Crippen LogP) is 2.34. The highest BCUT2D eigenvalue weighted by Crippen LogP contribution is 2.25. The number of hydrogen-bond acceptors (Lipinski definition) is 4. The zero-order valence-electron chi connectivity index (χ0n) is 16.3. The van der Waals surface area contributed by atoms with Crippen molar-refractivity contribution in [1.29, 1.82) is 0 Å². The largest absolute Gasteiger partial charge is 0.383 e. The topological polar surface area (TPSA) is 101 Å². The molecule has 0 spiro atoms. The summed E-state index contributed by atoms with van der Waals surface area (Å²) in [6, 6.07) is 0. The Hall–Kier alpha value is -2.05. The van der Waals surface area contributed by atoms with Crippen LogP contribution in [0.1, 0.15) is 60.8 Å². The molecule has 0 aromatic carbocycles.